The minimum absolute atomic E-state index is 0.464. The molecule has 0 aromatic heterocycles. The average molecular weight is 355 g/mol. The number of nitrogens with zero attached hydrogens (tertiary/aromatic N) is 1. The van der Waals surface area contributed by atoms with Crippen LogP contribution in [-0.2, 0) is 14.4 Å². The van der Waals surface area contributed by atoms with Gasteiger partial charge in [-0.15, -0.1) is 5.06 Å². The molecule has 0 fully saturated rings. The number of amides is 3. The lowest BCUT2D eigenvalue weighted by atomic mass is 9.94. The summed E-state index contributed by atoms with van der Waals surface area (Å²) in [6.45, 7) is 2.44. The smallest absolute Gasteiger partial charge is 0.370 e. The maximum Gasteiger partial charge on any atom is 0.370 e. The fraction of sp³-hybridized carbons (Fsp3) is 0.167. The van der Waals surface area contributed by atoms with Crippen LogP contribution >= 0.6 is 0 Å². The van der Waals surface area contributed by atoms with Crippen molar-refractivity contribution < 1.29 is 24.0 Å². The highest BCUT2D eigenvalue weighted by Gasteiger charge is 2.37. The van der Waals surface area contributed by atoms with E-state index in [0.717, 1.165) is 5.06 Å². The average Bonchev–Trinajstić information content (AvgIpc) is 2.62. The van der Waals surface area contributed by atoms with Gasteiger partial charge in [-0.2, -0.15) is 0 Å². The maximum absolute atomic E-state index is 12.6. The number of rotatable bonds is 1. The van der Waals surface area contributed by atoms with E-state index in [1.54, 1.807) is 48.5 Å². The van der Waals surface area contributed by atoms with Gasteiger partial charge in [-0.05, 0) is 12.1 Å². The van der Waals surface area contributed by atoms with E-state index in [2.05, 4.69) is 10.9 Å². The van der Waals surface area contributed by atoms with Gasteiger partial charge in [0.25, 0.3) is 0 Å². The molecule has 8 heteroatoms. The maximum atomic E-state index is 12.6. The largest absolute Gasteiger partial charge is 0.457 e. The number of urea groups is 1. The van der Waals surface area contributed by atoms with Gasteiger partial charge in [0.15, 0.2) is 0 Å². The molecule has 0 saturated heterocycles. The molecule has 2 N–H and O–H groups in total. The van der Waals surface area contributed by atoms with Crippen molar-refractivity contribution in [3.8, 4) is 11.5 Å². The lowest BCUT2D eigenvalue weighted by molar-refractivity contribution is -0.180. The molecule has 1 aliphatic heterocycles. The fourth-order valence-corrected chi connectivity index (χ4v) is 2.68. The summed E-state index contributed by atoms with van der Waals surface area (Å²) >= 11 is 0. The van der Waals surface area contributed by atoms with E-state index >= 15 is 0 Å². The Morgan fingerprint density at radius 3 is 1.96 bits per heavy atom. The quantitative estimate of drug-likeness (QED) is 0.766. The molecule has 26 heavy (non-hydrogen) atoms. The zero-order chi connectivity index (χ0) is 18.7. The van der Waals surface area contributed by atoms with Crippen LogP contribution in [0.25, 0.3) is 0 Å². The van der Waals surface area contributed by atoms with E-state index in [1.165, 1.54) is 13.8 Å². The summed E-state index contributed by atoms with van der Waals surface area (Å²) in [6.07, 6.45) is 0. The summed E-state index contributed by atoms with van der Waals surface area (Å²) in [7, 11) is 0. The molecule has 0 bridgehead atoms. The standard InChI is InChI=1S/C18H17N3O5/c1-11(22)19-20-18(24)21(26-12(2)23)17-13-7-3-5-9-15(13)25-16-10-6-4-8-14(16)17/h3-10,17H,1-2H3,(H,19,22)(H,20,24). The second-order valence-corrected chi connectivity index (χ2v) is 5.60. The van der Waals surface area contributed by atoms with Crippen LogP contribution < -0.4 is 15.6 Å². The molecule has 1 heterocycles. The molecular weight excluding hydrogens is 338 g/mol. The predicted octanol–water partition coefficient (Wildman–Crippen LogP) is 2.42. The Morgan fingerprint density at radius 1 is 0.923 bits per heavy atom. The van der Waals surface area contributed by atoms with Crippen LogP contribution in [0.3, 0.4) is 0 Å². The van der Waals surface area contributed by atoms with Crippen molar-refractivity contribution in [2.24, 2.45) is 0 Å². The number of carbonyl (C=O) groups excluding carboxylic acids is 3. The number of hydrazine groups is 1. The highest BCUT2D eigenvalue weighted by Crippen LogP contribution is 2.45. The number of para-hydroxylation sites is 2. The molecule has 2 aromatic rings. The van der Waals surface area contributed by atoms with Gasteiger partial charge in [-0.25, -0.2) is 10.2 Å². The number of fused-ring (bicyclic) bond motifs is 2. The Balaban J connectivity index is 2.06. The van der Waals surface area contributed by atoms with E-state index in [4.69, 9.17) is 9.57 Å². The minimum atomic E-state index is -0.799. The molecular formula is C18H17N3O5. The van der Waals surface area contributed by atoms with E-state index in [1.807, 2.05) is 0 Å². The van der Waals surface area contributed by atoms with Crippen LogP contribution in [0.5, 0.6) is 11.5 Å². The van der Waals surface area contributed by atoms with Gasteiger partial charge in [0.1, 0.15) is 17.5 Å². The Morgan fingerprint density at radius 2 is 1.46 bits per heavy atom. The molecule has 0 spiro atoms. The SMILES string of the molecule is CC(=O)NNC(=O)N(OC(C)=O)C1c2ccccc2Oc2ccccc21. The third kappa shape index (κ3) is 3.44. The number of hydroxylamine groups is 2. The molecule has 0 radical (unpaired) electrons. The molecule has 0 aliphatic carbocycles. The normalized spacial score (nSPS) is 12.1. The number of carbonyl (C=O) groups is 3. The third-order valence-electron chi connectivity index (χ3n) is 3.65. The van der Waals surface area contributed by atoms with Crippen LogP contribution in [0, 0.1) is 0 Å². The zero-order valence-corrected chi connectivity index (χ0v) is 14.2. The van der Waals surface area contributed by atoms with Crippen molar-refractivity contribution >= 4 is 17.9 Å². The van der Waals surface area contributed by atoms with Crippen LogP contribution in [0.2, 0.25) is 0 Å². The summed E-state index contributed by atoms with van der Waals surface area (Å²) in [4.78, 5) is 40.5. The summed E-state index contributed by atoms with van der Waals surface area (Å²) in [5.74, 6) is -0.0558. The molecule has 3 rings (SSSR count). The van der Waals surface area contributed by atoms with Gasteiger partial charge in [-0.3, -0.25) is 15.0 Å². The molecule has 134 valence electrons. The van der Waals surface area contributed by atoms with Crippen molar-refractivity contribution in [2.45, 2.75) is 19.9 Å². The summed E-state index contributed by atoms with van der Waals surface area (Å²) < 4.78 is 5.87. The first-order valence-corrected chi connectivity index (χ1v) is 7.87. The minimum Gasteiger partial charge on any atom is -0.457 e. The molecule has 2 aromatic carbocycles. The van der Waals surface area contributed by atoms with E-state index in [-0.39, 0.29) is 0 Å². The Kier molecular flexibility index (Phi) is 4.74. The van der Waals surface area contributed by atoms with Crippen LogP contribution in [-0.4, -0.2) is 23.0 Å². The van der Waals surface area contributed by atoms with Crippen LogP contribution in [0.15, 0.2) is 48.5 Å². The number of hydrogen-bond donors (Lipinski definition) is 2. The lowest BCUT2D eigenvalue weighted by Crippen LogP contribution is -2.50. The van der Waals surface area contributed by atoms with Crippen molar-refractivity contribution in [3.05, 3.63) is 59.7 Å². The molecule has 8 nitrogen and oxygen atoms in total. The molecule has 0 unspecified atom stereocenters. The van der Waals surface area contributed by atoms with E-state index in [9.17, 15) is 14.4 Å². The summed E-state index contributed by atoms with van der Waals surface area (Å²) in [5.41, 5.74) is 5.69. The van der Waals surface area contributed by atoms with Gasteiger partial charge < -0.3 is 9.57 Å². The Hall–Kier alpha value is -3.55. The molecule has 3 amide bonds. The molecule has 0 atom stereocenters. The zero-order valence-electron chi connectivity index (χ0n) is 14.2. The van der Waals surface area contributed by atoms with Gasteiger partial charge in [-0.1, -0.05) is 36.4 Å². The van der Waals surface area contributed by atoms with E-state index in [0.29, 0.717) is 22.6 Å². The fourth-order valence-electron chi connectivity index (χ4n) is 2.68. The third-order valence-corrected chi connectivity index (χ3v) is 3.65. The summed E-state index contributed by atoms with van der Waals surface area (Å²) in [5, 5.41) is 0.887. The summed E-state index contributed by atoms with van der Waals surface area (Å²) in [6, 6.07) is 12.7. The lowest BCUT2D eigenvalue weighted by Gasteiger charge is -2.34. The second kappa shape index (κ2) is 7.14. The van der Waals surface area contributed by atoms with E-state index < -0.39 is 23.9 Å². The first-order chi connectivity index (χ1) is 12.5. The van der Waals surface area contributed by atoms with Crippen molar-refractivity contribution in [2.75, 3.05) is 0 Å². The van der Waals surface area contributed by atoms with Gasteiger partial charge in [0, 0.05) is 25.0 Å². The Bertz CT molecular complexity index is 822. The number of ether oxygens (including phenoxy) is 1. The highest BCUT2D eigenvalue weighted by molar-refractivity contribution is 5.81. The second-order valence-electron chi connectivity index (χ2n) is 5.60. The Labute approximate surface area is 149 Å². The van der Waals surface area contributed by atoms with Gasteiger partial charge in [0.2, 0.25) is 5.91 Å². The van der Waals surface area contributed by atoms with Crippen LogP contribution in [0.4, 0.5) is 4.79 Å². The number of benzene rings is 2. The number of hydrogen-bond acceptors (Lipinski definition) is 5. The first kappa shape index (κ1) is 17.3. The van der Waals surface area contributed by atoms with Gasteiger partial charge in [0.05, 0.1) is 0 Å². The molecule has 0 saturated carbocycles. The highest BCUT2D eigenvalue weighted by atomic mass is 16.7. The van der Waals surface area contributed by atoms with Crippen LogP contribution in [0.1, 0.15) is 31.0 Å². The van der Waals surface area contributed by atoms with Crippen molar-refractivity contribution in [1.82, 2.24) is 15.9 Å². The van der Waals surface area contributed by atoms with Crippen molar-refractivity contribution in [3.63, 3.8) is 0 Å². The van der Waals surface area contributed by atoms with Gasteiger partial charge >= 0.3 is 12.0 Å². The number of nitrogens with one attached hydrogen (secondary N) is 2. The van der Waals surface area contributed by atoms with Crippen molar-refractivity contribution in [1.29, 1.82) is 0 Å². The first-order valence-electron chi connectivity index (χ1n) is 7.87. The molecule has 1 aliphatic rings. The topological polar surface area (TPSA) is 97.0 Å². The predicted molar refractivity (Wildman–Crippen MR) is 90.8 cm³/mol. The monoisotopic (exact) mass is 355 g/mol.